The third-order valence-electron chi connectivity index (χ3n) is 4.74. The Morgan fingerprint density at radius 2 is 1.50 bits per heavy atom. The Labute approximate surface area is 178 Å². The van der Waals surface area contributed by atoms with E-state index in [1.165, 1.54) is 12.1 Å². The Morgan fingerprint density at radius 3 is 2.07 bits per heavy atom. The molecule has 1 heterocycles. The molecule has 1 aromatic heterocycles. The number of hydrogen-bond donors (Lipinski definition) is 1. The minimum absolute atomic E-state index is 0.221. The molecule has 6 heteroatoms. The Morgan fingerprint density at radius 1 is 0.933 bits per heavy atom. The lowest BCUT2D eigenvalue weighted by atomic mass is 9.90. The highest BCUT2D eigenvalue weighted by Gasteiger charge is 2.24. The monoisotopic (exact) mass is 419 g/mol. The Balaban J connectivity index is 1.57. The standard InChI is InChI=1S/C24H19ClFN3O/c25-21-16-29(15-17-11-13-20(26)14-12-17)28-23(21)27-24(30)22(18-7-3-1-4-8-18)19-9-5-2-6-10-19/h1-14,16,22H,15H2,(H,27,28,30). The van der Waals surface area contributed by atoms with Crippen LogP contribution in [0.15, 0.2) is 91.1 Å². The van der Waals surface area contributed by atoms with Crippen molar-refractivity contribution >= 4 is 23.3 Å². The van der Waals surface area contributed by atoms with Crippen molar-refractivity contribution < 1.29 is 9.18 Å². The van der Waals surface area contributed by atoms with Gasteiger partial charge in [-0.15, -0.1) is 0 Å². The number of amides is 1. The van der Waals surface area contributed by atoms with Crippen molar-refractivity contribution in [3.8, 4) is 0 Å². The number of rotatable bonds is 6. The van der Waals surface area contributed by atoms with Gasteiger partial charge in [0.1, 0.15) is 10.8 Å². The summed E-state index contributed by atoms with van der Waals surface area (Å²) < 4.78 is 14.7. The van der Waals surface area contributed by atoms with E-state index in [1.807, 2.05) is 60.7 Å². The van der Waals surface area contributed by atoms with Gasteiger partial charge in [0.25, 0.3) is 0 Å². The summed E-state index contributed by atoms with van der Waals surface area (Å²) in [4.78, 5) is 13.2. The van der Waals surface area contributed by atoms with Gasteiger partial charge in [0.15, 0.2) is 5.82 Å². The van der Waals surface area contributed by atoms with Crippen molar-refractivity contribution in [3.63, 3.8) is 0 Å². The second kappa shape index (κ2) is 8.93. The minimum atomic E-state index is -0.495. The van der Waals surface area contributed by atoms with Crippen LogP contribution in [0, 0.1) is 5.82 Å². The van der Waals surface area contributed by atoms with Crippen molar-refractivity contribution in [1.82, 2.24) is 9.78 Å². The maximum Gasteiger partial charge on any atom is 0.237 e. The molecule has 0 radical (unpaired) electrons. The molecule has 1 amide bonds. The van der Waals surface area contributed by atoms with Gasteiger partial charge in [0.05, 0.1) is 12.5 Å². The molecule has 0 spiro atoms. The fraction of sp³-hybridized carbons (Fsp3) is 0.0833. The number of carbonyl (C=O) groups excluding carboxylic acids is 1. The lowest BCUT2D eigenvalue weighted by Gasteiger charge is -2.17. The molecular weight excluding hydrogens is 401 g/mol. The molecule has 0 unspecified atom stereocenters. The van der Waals surface area contributed by atoms with Gasteiger partial charge in [-0.3, -0.25) is 9.48 Å². The van der Waals surface area contributed by atoms with Crippen LogP contribution in [0.1, 0.15) is 22.6 Å². The van der Waals surface area contributed by atoms with E-state index in [2.05, 4.69) is 10.4 Å². The Kier molecular flexibility index (Phi) is 5.91. The SMILES string of the molecule is O=C(Nc1nn(Cc2ccc(F)cc2)cc1Cl)C(c1ccccc1)c1ccccc1. The van der Waals surface area contributed by atoms with Gasteiger partial charge in [0, 0.05) is 6.20 Å². The zero-order chi connectivity index (χ0) is 20.9. The first kappa shape index (κ1) is 19.9. The van der Waals surface area contributed by atoms with Crippen LogP contribution in [-0.2, 0) is 11.3 Å². The van der Waals surface area contributed by atoms with E-state index in [0.29, 0.717) is 17.4 Å². The topological polar surface area (TPSA) is 46.9 Å². The van der Waals surface area contributed by atoms with E-state index in [0.717, 1.165) is 16.7 Å². The van der Waals surface area contributed by atoms with Crippen LogP contribution in [-0.4, -0.2) is 15.7 Å². The van der Waals surface area contributed by atoms with Gasteiger partial charge in [-0.25, -0.2) is 4.39 Å². The molecule has 0 aliphatic carbocycles. The van der Waals surface area contributed by atoms with E-state index in [4.69, 9.17) is 11.6 Å². The second-order valence-electron chi connectivity index (χ2n) is 6.89. The van der Waals surface area contributed by atoms with Gasteiger partial charge >= 0.3 is 0 Å². The molecule has 30 heavy (non-hydrogen) atoms. The third kappa shape index (κ3) is 4.58. The van der Waals surface area contributed by atoms with Crippen molar-refractivity contribution in [3.05, 3.63) is 119 Å². The molecule has 1 N–H and O–H groups in total. The highest BCUT2D eigenvalue weighted by molar-refractivity contribution is 6.33. The third-order valence-corrected chi connectivity index (χ3v) is 5.02. The second-order valence-corrected chi connectivity index (χ2v) is 7.30. The Bertz CT molecular complexity index is 1090. The van der Waals surface area contributed by atoms with E-state index in [-0.39, 0.29) is 11.7 Å². The lowest BCUT2D eigenvalue weighted by Crippen LogP contribution is -2.22. The first-order chi connectivity index (χ1) is 14.6. The molecular formula is C24H19ClFN3O. The molecule has 0 fully saturated rings. The van der Waals surface area contributed by atoms with Gasteiger partial charge in [0.2, 0.25) is 5.91 Å². The van der Waals surface area contributed by atoms with Crippen LogP contribution in [0.2, 0.25) is 5.02 Å². The minimum Gasteiger partial charge on any atom is -0.307 e. The summed E-state index contributed by atoms with van der Waals surface area (Å²) in [7, 11) is 0. The van der Waals surface area contributed by atoms with Crippen molar-refractivity contribution in [2.45, 2.75) is 12.5 Å². The predicted octanol–water partition coefficient (Wildman–Crippen LogP) is 5.49. The number of nitrogens with zero attached hydrogens (tertiary/aromatic N) is 2. The molecule has 4 rings (SSSR count). The van der Waals surface area contributed by atoms with Gasteiger partial charge in [-0.05, 0) is 28.8 Å². The largest absolute Gasteiger partial charge is 0.307 e. The van der Waals surface area contributed by atoms with Crippen LogP contribution in [0.25, 0.3) is 0 Å². The number of aromatic nitrogens is 2. The summed E-state index contributed by atoms with van der Waals surface area (Å²) in [5.41, 5.74) is 2.63. The van der Waals surface area contributed by atoms with Crippen molar-refractivity contribution in [2.75, 3.05) is 5.32 Å². The number of nitrogens with one attached hydrogen (secondary N) is 1. The van der Waals surface area contributed by atoms with Gasteiger partial charge < -0.3 is 5.32 Å². The first-order valence-electron chi connectivity index (χ1n) is 9.48. The van der Waals surface area contributed by atoms with Crippen molar-refractivity contribution in [2.24, 2.45) is 0 Å². The number of carbonyl (C=O) groups is 1. The molecule has 4 aromatic rings. The molecule has 0 saturated carbocycles. The number of hydrogen-bond acceptors (Lipinski definition) is 2. The van der Waals surface area contributed by atoms with Crippen LogP contribution in [0.5, 0.6) is 0 Å². The molecule has 0 atom stereocenters. The van der Waals surface area contributed by atoms with Crippen molar-refractivity contribution in [1.29, 1.82) is 0 Å². The average molecular weight is 420 g/mol. The van der Waals surface area contributed by atoms with E-state index < -0.39 is 5.92 Å². The summed E-state index contributed by atoms with van der Waals surface area (Å²) in [5, 5.41) is 7.59. The van der Waals surface area contributed by atoms with E-state index in [1.54, 1.807) is 23.0 Å². The summed E-state index contributed by atoms with van der Waals surface area (Å²) in [6.45, 7) is 0.413. The fourth-order valence-electron chi connectivity index (χ4n) is 3.31. The van der Waals surface area contributed by atoms with E-state index >= 15 is 0 Å². The molecule has 0 bridgehead atoms. The zero-order valence-electron chi connectivity index (χ0n) is 16.0. The predicted molar refractivity (Wildman–Crippen MR) is 116 cm³/mol. The molecule has 0 aliphatic rings. The molecule has 150 valence electrons. The number of benzene rings is 3. The maximum absolute atomic E-state index is 13.2. The quantitative estimate of drug-likeness (QED) is 0.449. The first-order valence-corrected chi connectivity index (χ1v) is 9.86. The zero-order valence-corrected chi connectivity index (χ0v) is 16.8. The highest BCUT2D eigenvalue weighted by Crippen LogP contribution is 2.28. The summed E-state index contributed by atoms with van der Waals surface area (Å²) in [6.07, 6.45) is 1.64. The average Bonchev–Trinajstić information content (AvgIpc) is 3.10. The number of anilines is 1. The number of halogens is 2. The van der Waals surface area contributed by atoms with Gasteiger partial charge in [-0.1, -0.05) is 84.4 Å². The van der Waals surface area contributed by atoms with Crippen LogP contribution in [0.4, 0.5) is 10.2 Å². The lowest BCUT2D eigenvalue weighted by molar-refractivity contribution is -0.116. The molecule has 0 saturated heterocycles. The van der Waals surface area contributed by atoms with E-state index in [9.17, 15) is 9.18 Å². The van der Waals surface area contributed by atoms with Crippen LogP contribution >= 0.6 is 11.6 Å². The summed E-state index contributed by atoms with van der Waals surface area (Å²) in [5.74, 6) is -0.717. The summed E-state index contributed by atoms with van der Waals surface area (Å²) >= 11 is 6.32. The molecule has 4 nitrogen and oxygen atoms in total. The fourth-order valence-corrected chi connectivity index (χ4v) is 3.51. The van der Waals surface area contributed by atoms with Gasteiger partial charge in [-0.2, -0.15) is 5.10 Å². The molecule has 0 aliphatic heterocycles. The summed E-state index contributed by atoms with van der Waals surface area (Å²) in [6, 6.07) is 25.3. The highest BCUT2D eigenvalue weighted by atomic mass is 35.5. The Hall–Kier alpha value is -3.44. The smallest absolute Gasteiger partial charge is 0.237 e. The van der Waals surface area contributed by atoms with Crippen LogP contribution in [0.3, 0.4) is 0 Å². The normalized spacial score (nSPS) is 10.9. The molecule has 3 aromatic carbocycles. The van der Waals surface area contributed by atoms with Crippen LogP contribution < -0.4 is 5.32 Å². The maximum atomic E-state index is 13.2.